The number of benzene rings is 3. The first-order valence-electron chi connectivity index (χ1n) is 11.3. The van der Waals surface area contributed by atoms with Gasteiger partial charge in [0, 0.05) is 21.3 Å². The predicted octanol–water partition coefficient (Wildman–Crippen LogP) is 6.03. The summed E-state index contributed by atoms with van der Waals surface area (Å²) in [5, 5.41) is 22.2. The van der Waals surface area contributed by atoms with Gasteiger partial charge in [-0.3, -0.25) is 0 Å². The second-order valence-corrected chi connectivity index (χ2v) is 10.2. The normalized spacial score (nSPS) is 16.4. The van der Waals surface area contributed by atoms with Crippen molar-refractivity contribution in [3.8, 4) is 0 Å². The molecule has 2 aliphatic heterocycles. The van der Waals surface area contributed by atoms with E-state index in [1.807, 2.05) is 37.4 Å². The molecule has 1 fully saturated rings. The van der Waals surface area contributed by atoms with E-state index in [2.05, 4.69) is 27.5 Å². The summed E-state index contributed by atoms with van der Waals surface area (Å²) < 4.78 is 0.327. The Morgan fingerprint density at radius 1 is 0.972 bits per heavy atom. The summed E-state index contributed by atoms with van der Waals surface area (Å²) in [7, 11) is 1.99. The molecule has 1 saturated heterocycles. The van der Waals surface area contributed by atoms with Crippen molar-refractivity contribution < 1.29 is 9.70 Å². The number of nitrogens with zero attached hydrogens (tertiary/aromatic N) is 4. The van der Waals surface area contributed by atoms with Crippen LogP contribution in [0.15, 0.2) is 76.8 Å². The van der Waals surface area contributed by atoms with Crippen LogP contribution in [-0.4, -0.2) is 59.8 Å². The first-order valence-corrected chi connectivity index (χ1v) is 13.1. The summed E-state index contributed by atoms with van der Waals surface area (Å²) in [6.45, 7) is 2.82. The molecule has 2 heterocycles. The van der Waals surface area contributed by atoms with Crippen molar-refractivity contribution in [2.45, 2.75) is 0 Å². The molecule has 1 N–H and O–H groups in total. The lowest BCUT2D eigenvalue weighted by atomic mass is 10.1. The molecule has 36 heavy (non-hydrogen) atoms. The molecule has 0 saturated carbocycles. The van der Waals surface area contributed by atoms with Crippen LogP contribution in [0.2, 0.25) is 10.0 Å². The fourth-order valence-electron chi connectivity index (χ4n) is 4.13. The summed E-state index contributed by atoms with van der Waals surface area (Å²) in [5.74, 6) is 0.668. The molecule has 10 heteroatoms. The molecule has 0 unspecified atom stereocenters. The lowest BCUT2D eigenvalue weighted by molar-refractivity contribution is -0.920. The molecule has 0 amide bonds. The van der Waals surface area contributed by atoms with E-state index in [0.717, 1.165) is 41.6 Å². The van der Waals surface area contributed by atoms with Crippen molar-refractivity contribution in [1.82, 2.24) is 4.90 Å². The van der Waals surface area contributed by atoms with Gasteiger partial charge in [-0.1, -0.05) is 52.6 Å². The molecule has 2 aliphatic rings. The standard InChI is InChI=1S/C25H23Cl2N5O.CH2Cl2/c1-32(30-25(33)17-6-8-18(26)9-7-17)14-12-31(13-15-32)24-20-4-2-3-5-21(20)28-22-11-10-19(27)16-23(22)29-24;2-1-3/h2-11,16H,12-15H2,1H3,(H-,28,29,30,33);1H2. The molecule has 0 radical (unpaired) electrons. The number of anilines is 2. The van der Waals surface area contributed by atoms with Gasteiger partial charge in [-0.05, 0) is 48.0 Å². The van der Waals surface area contributed by atoms with Gasteiger partial charge in [-0.2, -0.15) is 4.59 Å². The number of rotatable bonds is 2. The minimum Gasteiger partial charge on any atom is -0.855 e. The number of quaternary nitrogens is 1. The van der Waals surface area contributed by atoms with Crippen LogP contribution in [0, 0.1) is 0 Å². The number of hydrogen-bond acceptors (Lipinski definition) is 5. The largest absolute Gasteiger partial charge is 0.855 e. The monoisotopic (exact) mass is 563 g/mol. The van der Waals surface area contributed by atoms with Gasteiger partial charge in [0.2, 0.25) is 0 Å². The number of aliphatic imine (C=N–C) groups is 1. The highest BCUT2D eigenvalue weighted by Crippen LogP contribution is 2.36. The lowest BCUT2D eigenvalue weighted by Crippen LogP contribution is -2.56. The second-order valence-electron chi connectivity index (χ2n) is 8.55. The van der Waals surface area contributed by atoms with Crippen LogP contribution in [0.1, 0.15) is 11.1 Å². The van der Waals surface area contributed by atoms with E-state index in [9.17, 15) is 5.11 Å². The van der Waals surface area contributed by atoms with E-state index in [0.29, 0.717) is 33.3 Å². The average Bonchev–Trinajstić information content (AvgIpc) is 3.02. The molecule has 0 bridgehead atoms. The second kappa shape index (κ2) is 11.7. The van der Waals surface area contributed by atoms with Gasteiger partial charge < -0.3 is 15.3 Å². The van der Waals surface area contributed by atoms with Gasteiger partial charge in [0.15, 0.2) is 0 Å². The van der Waals surface area contributed by atoms with E-state index in [1.54, 1.807) is 24.3 Å². The number of fused-ring (bicyclic) bond motifs is 2. The quantitative estimate of drug-likeness (QED) is 0.179. The maximum Gasteiger partial charge on any atom is 0.139 e. The molecule has 188 valence electrons. The number of nitrogens with one attached hydrogen (secondary N) is 1. The third-order valence-corrected chi connectivity index (χ3v) is 6.54. The molecule has 0 aromatic heterocycles. The highest BCUT2D eigenvalue weighted by molar-refractivity contribution is 6.40. The van der Waals surface area contributed by atoms with Crippen LogP contribution < -0.4 is 10.4 Å². The summed E-state index contributed by atoms with van der Waals surface area (Å²) in [6.07, 6.45) is 0. The van der Waals surface area contributed by atoms with Gasteiger partial charge in [0.25, 0.3) is 0 Å². The molecule has 3 aromatic carbocycles. The van der Waals surface area contributed by atoms with Crippen molar-refractivity contribution in [3.05, 3.63) is 87.9 Å². The minimum atomic E-state index is -0.229. The van der Waals surface area contributed by atoms with E-state index < -0.39 is 0 Å². The van der Waals surface area contributed by atoms with Gasteiger partial charge in [-0.25, -0.2) is 4.99 Å². The Morgan fingerprint density at radius 2 is 1.61 bits per heavy atom. The first-order chi connectivity index (χ1) is 17.3. The fourth-order valence-corrected chi connectivity index (χ4v) is 4.42. The zero-order valence-electron chi connectivity index (χ0n) is 19.6. The number of amidine groups is 1. The number of hydrogen-bond donors (Lipinski definition) is 1. The highest BCUT2D eigenvalue weighted by Gasteiger charge is 2.32. The Bertz CT molecular complexity index is 1270. The molecule has 6 nitrogen and oxygen atoms in total. The van der Waals surface area contributed by atoms with Crippen LogP contribution in [0.3, 0.4) is 0 Å². The Labute approximate surface area is 231 Å². The Kier molecular flexibility index (Phi) is 8.65. The van der Waals surface area contributed by atoms with Crippen LogP contribution in [0.5, 0.6) is 0 Å². The number of piperazine rings is 1. The third kappa shape index (κ3) is 6.25. The molecule has 0 aliphatic carbocycles. The zero-order chi connectivity index (χ0) is 25.7. The van der Waals surface area contributed by atoms with E-state index in [1.165, 1.54) is 0 Å². The van der Waals surface area contributed by atoms with Gasteiger partial charge in [0.05, 0.1) is 42.7 Å². The van der Waals surface area contributed by atoms with E-state index >= 15 is 0 Å². The molecule has 0 spiro atoms. The van der Waals surface area contributed by atoms with Crippen molar-refractivity contribution in [2.75, 3.05) is 43.9 Å². The van der Waals surface area contributed by atoms with Crippen LogP contribution in [0.25, 0.3) is 0 Å². The van der Waals surface area contributed by atoms with E-state index in [-0.39, 0.29) is 11.2 Å². The average molecular weight is 565 g/mol. The fraction of sp³-hybridized carbons (Fsp3) is 0.231. The highest BCUT2D eigenvalue weighted by atomic mass is 35.5. The van der Waals surface area contributed by atoms with Crippen molar-refractivity contribution in [2.24, 2.45) is 10.1 Å². The van der Waals surface area contributed by atoms with Crippen molar-refractivity contribution in [1.29, 1.82) is 0 Å². The van der Waals surface area contributed by atoms with Gasteiger partial charge in [-0.15, -0.1) is 23.2 Å². The number of halogens is 4. The summed E-state index contributed by atoms with van der Waals surface area (Å²) in [5.41, 5.74) is 4.31. The summed E-state index contributed by atoms with van der Waals surface area (Å²) in [6, 6.07) is 20.7. The molecule has 3 aromatic rings. The maximum absolute atomic E-state index is 12.7. The third-order valence-electron chi connectivity index (χ3n) is 6.05. The lowest BCUT2D eigenvalue weighted by Gasteiger charge is -2.39. The number of para-hydroxylation sites is 1. The maximum atomic E-state index is 12.7. The number of alkyl halides is 2. The van der Waals surface area contributed by atoms with Crippen LogP contribution >= 0.6 is 46.4 Å². The first kappa shape index (κ1) is 26.6. The zero-order valence-corrected chi connectivity index (χ0v) is 22.6. The van der Waals surface area contributed by atoms with Gasteiger partial charge >= 0.3 is 0 Å². The van der Waals surface area contributed by atoms with Crippen LogP contribution in [0.4, 0.5) is 17.1 Å². The Morgan fingerprint density at radius 3 is 2.31 bits per heavy atom. The number of likely N-dealkylation sites (N-methyl/N-ethyl adjacent to an activating group) is 1. The molecule has 5 rings (SSSR count). The smallest absolute Gasteiger partial charge is 0.139 e. The Balaban J connectivity index is 0.000000967. The summed E-state index contributed by atoms with van der Waals surface area (Å²) >= 11 is 21.7. The van der Waals surface area contributed by atoms with Crippen molar-refractivity contribution in [3.63, 3.8) is 0 Å². The SMILES string of the molecule is C[N+]1(/N=C(\[O-])c2ccc(Cl)cc2)CCN(C2=Nc3cc(Cl)ccc3Nc3ccccc32)CC1.ClCCl. The summed E-state index contributed by atoms with van der Waals surface area (Å²) in [4.78, 5) is 7.27. The Hall–Kier alpha value is -2.48. The topological polar surface area (TPSA) is 63.1 Å². The molecular weight excluding hydrogens is 540 g/mol. The predicted molar refractivity (Wildman–Crippen MR) is 149 cm³/mol. The molecular formula is C26H25Cl4N5O. The van der Waals surface area contributed by atoms with Gasteiger partial charge in [0.1, 0.15) is 18.9 Å². The van der Waals surface area contributed by atoms with Crippen LogP contribution in [-0.2, 0) is 0 Å². The minimum absolute atomic E-state index is 0.194. The van der Waals surface area contributed by atoms with Crippen molar-refractivity contribution >= 4 is 75.2 Å². The van der Waals surface area contributed by atoms with E-state index in [4.69, 9.17) is 51.4 Å². The molecule has 0 atom stereocenters.